The third kappa shape index (κ3) is 4.28. The van der Waals surface area contributed by atoms with Crippen LogP contribution in [0.3, 0.4) is 0 Å². The van der Waals surface area contributed by atoms with Gasteiger partial charge in [0.05, 0.1) is 17.6 Å². The van der Waals surface area contributed by atoms with Crippen molar-refractivity contribution < 1.29 is 9.18 Å². The molecular weight excluding hydrogens is 401 g/mol. The van der Waals surface area contributed by atoms with Gasteiger partial charge in [-0.15, -0.1) is 0 Å². The summed E-state index contributed by atoms with van der Waals surface area (Å²) in [6, 6.07) is 22.7. The zero-order valence-electron chi connectivity index (χ0n) is 18.2. The summed E-state index contributed by atoms with van der Waals surface area (Å²) in [5.74, 6) is 0.986. The standard InChI is InChI=1S/C27H26FN3O/c1-19-11-14-22(15-23(19)28)27(32)30(16-20-7-3-2-4-8-20)18-26-29-24-9-5-6-10-25(24)31(26)17-21-12-13-21/h2-11,14-15,21H,12-13,16-18H2,1H3. The number of carbonyl (C=O) groups excluding carboxylic acids is 1. The van der Waals surface area contributed by atoms with Crippen molar-refractivity contribution in [3.63, 3.8) is 0 Å². The molecule has 162 valence electrons. The molecule has 0 atom stereocenters. The zero-order chi connectivity index (χ0) is 22.1. The minimum atomic E-state index is -0.364. The van der Waals surface area contributed by atoms with E-state index in [2.05, 4.69) is 10.6 Å². The monoisotopic (exact) mass is 427 g/mol. The van der Waals surface area contributed by atoms with Crippen molar-refractivity contribution in [1.29, 1.82) is 0 Å². The number of hydrogen-bond donors (Lipinski definition) is 0. The lowest BCUT2D eigenvalue weighted by Gasteiger charge is -2.23. The van der Waals surface area contributed by atoms with Gasteiger partial charge in [0.2, 0.25) is 0 Å². The quantitative estimate of drug-likeness (QED) is 0.377. The van der Waals surface area contributed by atoms with E-state index in [0.717, 1.165) is 29.0 Å². The Kier molecular flexibility index (Phi) is 5.48. The van der Waals surface area contributed by atoms with Gasteiger partial charge in [0.25, 0.3) is 5.91 Å². The number of hydrogen-bond acceptors (Lipinski definition) is 2. The number of amides is 1. The van der Waals surface area contributed by atoms with Gasteiger partial charge < -0.3 is 9.47 Å². The van der Waals surface area contributed by atoms with Gasteiger partial charge in [-0.3, -0.25) is 4.79 Å². The van der Waals surface area contributed by atoms with Gasteiger partial charge in [0.1, 0.15) is 11.6 Å². The Bertz CT molecular complexity index is 1260. The Hall–Kier alpha value is -3.47. The molecule has 0 spiro atoms. The molecule has 5 heteroatoms. The Balaban J connectivity index is 1.52. The molecule has 0 radical (unpaired) electrons. The molecule has 1 saturated carbocycles. The van der Waals surface area contributed by atoms with E-state index < -0.39 is 0 Å². The van der Waals surface area contributed by atoms with E-state index in [9.17, 15) is 9.18 Å². The number of halogens is 1. The molecule has 1 aromatic heterocycles. The SMILES string of the molecule is Cc1ccc(C(=O)N(Cc2ccccc2)Cc2nc3ccccc3n2CC2CC2)cc1F. The highest BCUT2D eigenvalue weighted by atomic mass is 19.1. The zero-order valence-corrected chi connectivity index (χ0v) is 18.2. The largest absolute Gasteiger partial charge is 0.327 e. The number of benzene rings is 3. The van der Waals surface area contributed by atoms with Crippen molar-refractivity contribution in [2.45, 2.75) is 39.4 Å². The maximum atomic E-state index is 14.2. The van der Waals surface area contributed by atoms with E-state index >= 15 is 0 Å². The first-order valence-corrected chi connectivity index (χ1v) is 11.1. The van der Waals surface area contributed by atoms with Gasteiger partial charge in [-0.05, 0) is 61.1 Å². The highest BCUT2D eigenvalue weighted by molar-refractivity contribution is 5.94. The summed E-state index contributed by atoms with van der Waals surface area (Å²) in [5, 5.41) is 0. The highest BCUT2D eigenvalue weighted by Crippen LogP contribution is 2.33. The summed E-state index contributed by atoms with van der Waals surface area (Å²) < 4.78 is 16.5. The summed E-state index contributed by atoms with van der Waals surface area (Å²) in [5.41, 5.74) is 3.95. The minimum Gasteiger partial charge on any atom is -0.327 e. The van der Waals surface area contributed by atoms with Crippen molar-refractivity contribution >= 4 is 16.9 Å². The molecular formula is C27H26FN3O. The number of carbonyl (C=O) groups is 1. The summed E-state index contributed by atoms with van der Waals surface area (Å²) in [4.78, 5) is 20.1. The first-order chi connectivity index (χ1) is 15.6. The lowest BCUT2D eigenvalue weighted by atomic mass is 10.1. The van der Waals surface area contributed by atoms with Crippen LogP contribution in [0.5, 0.6) is 0 Å². The summed E-state index contributed by atoms with van der Waals surface area (Å²) in [6.45, 7) is 3.42. The molecule has 32 heavy (non-hydrogen) atoms. The van der Waals surface area contributed by atoms with E-state index in [-0.39, 0.29) is 11.7 Å². The number of aryl methyl sites for hydroxylation is 1. The van der Waals surface area contributed by atoms with Crippen LogP contribution in [-0.2, 0) is 19.6 Å². The number of imidazole rings is 1. The fraction of sp³-hybridized carbons (Fsp3) is 0.259. The van der Waals surface area contributed by atoms with Crippen LogP contribution in [0.2, 0.25) is 0 Å². The van der Waals surface area contributed by atoms with Gasteiger partial charge in [0, 0.05) is 18.7 Å². The number of rotatable bonds is 7. The second-order valence-corrected chi connectivity index (χ2v) is 8.68. The Morgan fingerprint density at radius 1 is 1.03 bits per heavy atom. The fourth-order valence-electron chi connectivity index (χ4n) is 4.09. The molecule has 4 aromatic rings. The van der Waals surface area contributed by atoms with Gasteiger partial charge in [-0.1, -0.05) is 48.5 Å². The average molecular weight is 428 g/mol. The van der Waals surface area contributed by atoms with Gasteiger partial charge in [0.15, 0.2) is 0 Å². The normalized spacial score (nSPS) is 13.4. The highest BCUT2D eigenvalue weighted by Gasteiger charge is 2.26. The van der Waals surface area contributed by atoms with Crippen molar-refractivity contribution in [1.82, 2.24) is 14.5 Å². The molecule has 1 fully saturated rings. The Labute approximate surface area is 187 Å². The average Bonchev–Trinajstić information content (AvgIpc) is 3.57. The summed E-state index contributed by atoms with van der Waals surface area (Å²) in [6.07, 6.45) is 2.47. The lowest BCUT2D eigenvalue weighted by molar-refractivity contribution is 0.0723. The molecule has 0 aliphatic heterocycles. The molecule has 0 N–H and O–H groups in total. The predicted octanol–water partition coefficient (Wildman–Crippen LogP) is 5.74. The minimum absolute atomic E-state index is 0.196. The first kappa shape index (κ1) is 20.4. The molecule has 1 amide bonds. The molecule has 1 aliphatic rings. The van der Waals surface area contributed by atoms with Gasteiger partial charge in [-0.2, -0.15) is 0 Å². The molecule has 3 aromatic carbocycles. The van der Waals surface area contributed by atoms with E-state index in [1.165, 1.54) is 18.9 Å². The van der Waals surface area contributed by atoms with Crippen LogP contribution >= 0.6 is 0 Å². The predicted molar refractivity (Wildman–Crippen MR) is 124 cm³/mol. The van der Waals surface area contributed by atoms with E-state index in [4.69, 9.17) is 4.98 Å². The number of fused-ring (bicyclic) bond motifs is 1. The van der Waals surface area contributed by atoms with Crippen molar-refractivity contribution in [2.75, 3.05) is 0 Å². The number of nitrogens with zero attached hydrogens (tertiary/aromatic N) is 3. The molecule has 0 bridgehead atoms. The fourth-order valence-corrected chi connectivity index (χ4v) is 4.09. The van der Waals surface area contributed by atoms with Crippen LogP contribution in [0, 0.1) is 18.7 Å². The third-order valence-corrected chi connectivity index (χ3v) is 6.13. The topological polar surface area (TPSA) is 38.1 Å². The van der Waals surface area contributed by atoms with Gasteiger partial charge >= 0.3 is 0 Å². The van der Waals surface area contributed by atoms with E-state index in [1.807, 2.05) is 48.5 Å². The smallest absolute Gasteiger partial charge is 0.254 e. The number of aromatic nitrogens is 2. The van der Waals surface area contributed by atoms with Crippen LogP contribution in [-0.4, -0.2) is 20.4 Å². The Morgan fingerprint density at radius 2 is 1.78 bits per heavy atom. The van der Waals surface area contributed by atoms with Crippen LogP contribution in [0.15, 0.2) is 72.8 Å². The Morgan fingerprint density at radius 3 is 2.53 bits per heavy atom. The van der Waals surface area contributed by atoms with Crippen LogP contribution in [0.1, 0.15) is 40.2 Å². The maximum absolute atomic E-state index is 14.2. The van der Waals surface area contributed by atoms with Crippen molar-refractivity contribution in [3.8, 4) is 0 Å². The summed E-state index contributed by atoms with van der Waals surface area (Å²) >= 11 is 0. The second-order valence-electron chi connectivity index (χ2n) is 8.68. The first-order valence-electron chi connectivity index (χ1n) is 11.1. The van der Waals surface area contributed by atoms with Crippen LogP contribution < -0.4 is 0 Å². The molecule has 1 heterocycles. The molecule has 5 rings (SSSR count). The van der Waals surface area contributed by atoms with E-state index in [1.54, 1.807) is 24.0 Å². The van der Waals surface area contributed by atoms with E-state index in [0.29, 0.717) is 30.1 Å². The lowest BCUT2D eigenvalue weighted by Crippen LogP contribution is -2.31. The molecule has 4 nitrogen and oxygen atoms in total. The van der Waals surface area contributed by atoms with Gasteiger partial charge in [-0.25, -0.2) is 9.37 Å². The molecule has 0 unspecified atom stereocenters. The van der Waals surface area contributed by atoms with Crippen LogP contribution in [0.25, 0.3) is 11.0 Å². The summed E-state index contributed by atoms with van der Waals surface area (Å²) in [7, 11) is 0. The third-order valence-electron chi connectivity index (χ3n) is 6.13. The maximum Gasteiger partial charge on any atom is 0.254 e. The second kappa shape index (κ2) is 8.58. The molecule has 0 saturated heterocycles. The van der Waals surface area contributed by atoms with Crippen molar-refractivity contribution in [3.05, 3.63) is 101 Å². The van der Waals surface area contributed by atoms with Crippen molar-refractivity contribution in [2.24, 2.45) is 5.92 Å². The molecule has 1 aliphatic carbocycles. The van der Waals surface area contributed by atoms with Crippen LogP contribution in [0.4, 0.5) is 4.39 Å². The number of para-hydroxylation sites is 2.